The standard InChI is InChI=1S/C12H11F5N2O4/c1-23-3-2-18(6-12(15,16)17)11(20)7-4-8(13)9(14)5-10(7)19(21)22/h4-5H,2-3,6H2,1H3. The summed E-state index contributed by atoms with van der Waals surface area (Å²) in [7, 11) is 1.18. The van der Waals surface area contributed by atoms with Crippen molar-refractivity contribution >= 4 is 11.6 Å². The summed E-state index contributed by atoms with van der Waals surface area (Å²) >= 11 is 0. The Morgan fingerprint density at radius 3 is 2.35 bits per heavy atom. The van der Waals surface area contributed by atoms with Crippen molar-refractivity contribution in [3.63, 3.8) is 0 Å². The minimum atomic E-state index is -4.78. The Kier molecular flexibility index (Phi) is 5.96. The fourth-order valence-corrected chi connectivity index (χ4v) is 1.70. The van der Waals surface area contributed by atoms with Gasteiger partial charge in [-0.15, -0.1) is 0 Å². The zero-order chi connectivity index (χ0) is 17.8. The molecule has 1 aromatic rings. The third kappa shape index (κ3) is 5.13. The number of halogens is 5. The molecule has 1 aromatic carbocycles. The monoisotopic (exact) mass is 342 g/mol. The van der Waals surface area contributed by atoms with Crippen LogP contribution >= 0.6 is 0 Å². The maximum atomic E-state index is 13.2. The maximum Gasteiger partial charge on any atom is 0.406 e. The van der Waals surface area contributed by atoms with Crippen LogP contribution in [0, 0.1) is 21.7 Å². The van der Waals surface area contributed by atoms with Crippen molar-refractivity contribution in [1.29, 1.82) is 0 Å². The number of ether oxygens (including phenoxy) is 1. The lowest BCUT2D eigenvalue weighted by Gasteiger charge is -2.23. The topological polar surface area (TPSA) is 72.7 Å². The van der Waals surface area contributed by atoms with E-state index in [1.807, 2.05) is 0 Å². The molecule has 23 heavy (non-hydrogen) atoms. The van der Waals surface area contributed by atoms with E-state index in [1.54, 1.807) is 0 Å². The van der Waals surface area contributed by atoms with Crippen LogP contribution in [-0.4, -0.2) is 48.7 Å². The van der Waals surface area contributed by atoms with Gasteiger partial charge >= 0.3 is 6.18 Å². The first-order valence-corrected chi connectivity index (χ1v) is 6.05. The van der Waals surface area contributed by atoms with Crippen molar-refractivity contribution in [1.82, 2.24) is 4.90 Å². The lowest BCUT2D eigenvalue weighted by atomic mass is 10.1. The van der Waals surface area contributed by atoms with E-state index in [1.165, 1.54) is 7.11 Å². The number of alkyl halides is 3. The molecule has 0 fully saturated rings. The Balaban J connectivity index is 3.26. The first kappa shape index (κ1) is 18.7. The van der Waals surface area contributed by atoms with Crippen LogP contribution in [0.4, 0.5) is 27.6 Å². The number of hydrogen-bond donors (Lipinski definition) is 0. The molecule has 0 aliphatic rings. The molecule has 0 unspecified atom stereocenters. The molecule has 0 aliphatic carbocycles. The second kappa shape index (κ2) is 7.31. The van der Waals surface area contributed by atoms with Crippen molar-refractivity contribution < 1.29 is 36.4 Å². The van der Waals surface area contributed by atoms with Crippen LogP contribution < -0.4 is 0 Å². The Morgan fingerprint density at radius 2 is 1.87 bits per heavy atom. The second-order valence-corrected chi connectivity index (χ2v) is 4.38. The van der Waals surface area contributed by atoms with E-state index in [0.717, 1.165) is 0 Å². The molecule has 0 spiro atoms. The smallest absolute Gasteiger partial charge is 0.383 e. The molecule has 0 N–H and O–H groups in total. The minimum absolute atomic E-state index is 0.144. The van der Waals surface area contributed by atoms with Gasteiger partial charge in [-0.1, -0.05) is 0 Å². The fourth-order valence-electron chi connectivity index (χ4n) is 1.70. The van der Waals surface area contributed by atoms with Crippen LogP contribution in [0.25, 0.3) is 0 Å². The highest BCUT2D eigenvalue weighted by Crippen LogP contribution is 2.25. The number of carbonyl (C=O) groups is 1. The van der Waals surface area contributed by atoms with Crippen molar-refractivity contribution in [3.8, 4) is 0 Å². The Hall–Kier alpha value is -2.30. The molecule has 0 bridgehead atoms. The normalized spacial score (nSPS) is 11.4. The molecule has 0 aromatic heterocycles. The first-order valence-electron chi connectivity index (χ1n) is 6.05. The highest BCUT2D eigenvalue weighted by molar-refractivity contribution is 5.98. The van der Waals surface area contributed by atoms with Gasteiger partial charge in [0.15, 0.2) is 11.6 Å². The van der Waals surface area contributed by atoms with E-state index in [-0.39, 0.29) is 23.6 Å². The average Bonchev–Trinajstić information content (AvgIpc) is 2.43. The van der Waals surface area contributed by atoms with E-state index < -0.39 is 53.0 Å². The summed E-state index contributed by atoms with van der Waals surface area (Å²) in [5.74, 6) is -4.63. The lowest BCUT2D eigenvalue weighted by Crippen LogP contribution is -2.41. The number of nitro groups is 1. The molecule has 0 atom stereocenters. The van der Waals surface area contributed by atoms with Crippen LogP contribution in [-0.2, 0) is 4.74 Å². The van der Waals surface area contributed by atoms with E-state index in [9.17, 15) is 36.9 Å². The largest absolute Gasteiger partial charge is 0.406 e. The van der Waals surface area contributed by atoms with Crippen LogP contribution in [0.3, 0.4) is 0 Å². The van der Waals surface area contributed by atoms with Crippen molar-refractivity contribution in [2.75, 3.05) is 26.8 Å². The number of carbonyl (C=O) groups excluding carboxylic acids is 1. The van der Waals surface area contributed by atoms with E-state index in [4.69, 9.17) is 0 Å². The van der Waals surface area contributed by atoms with Gasteiger partial charge in [0.25, 0.3) is 11.6 Å². The number of nitro benzene ring substituents is 1. The molecule has 0 saturated carbocycles. The SMILES string of the molecule is COCCN(CC(F)(F)F)C(=O)c1cc(F)c(F)cc1[N+](=O)[O-]. The Labute approximate surface area is 126 Å². The number of benzene rings is 1. The highest BCUT2D eigenvalue weighted by atomic mass is 19.4. The molecule has 6 nitrogen and oxygen atoms in total. The van der Waals surface area contributed by atoms with Gasteiger partial charge in [0, 0.05) is 13.7 Å². The summed E-state index contributed by atoms with van der Waals surface area (Å²) in [6.07, 6.45) is -4.78. The van der Waals surface area contributed by atoms with E-state index in [2.05, 4.69) is 4.74 Å². The number of hydrogen-bond acceptors (Lipinski definition) is 4. The minimum Gasteiger partial charge on any atom is -0.383 e. The second-order valence-electron chi connectivity index (χ2n) is 4.38. The van der Waals surface area contributed by atoms with Gasteiger partial charge in [0.1, 0.15) is 12.1 Å². The summed E-state index contributed by atoms with van der Waals surface area (Å²) in [5.41, 5.74) is -2.10. The van der Waals surface area contributed by atoms with Crippen LogP contribution in [0.1, 0.15) is 10.4 Å². The predicted molar refractivity (Wildman–Crippen MR) is 66.8 cm³/mol. The fraction of sp³-hybridized carbons (Fsp3) is 0.417. The quantitative estimate of drug-likeness (QED) is 0.452. The molecule has 1 rings (SSSR count). The third-order valence-corrected chi connectivity index (χ3v) is 2.69. The van der Waals surface area contributed by atoms with E-state index >= 15 is 0 Å². The molecule has 0 heterocycles. The summed E-state index contributed by atoms with van der Waals surface area (Å²) in [4.78, 5) is 21.9. The molecule has 0 saturated heterocycles. The zero-order valence-electron chi connectivity index (χ0n) is 11.7. The number of rotatable bonds is 6. The summed E-state index contributed by atoms with van der Waals surface area (Å²) in [6, 6.07) is 0.344. The maximum absolute atomic E-state index is 13.2. The summed E-state index contributed by atoms with van der Waals surface area (Å²) < 4.78 is 68.4. The van der Waals surface area contributed by atoms with Crippen molar-refractivity contribution in [2.45, 2.75) is 6.18 Å². The predicted octanol–water partition coefficient (Wildman–Crippen LogP) is 2.52. The number of methoxy groups -OCH3 is 1. The molecule has 1 amide bonds. The van der Waals surface area contributed by atoms with Crippen LogP contribution in [0.2, 0.25) is 0 Å². The number of amides is 1. The molecule has 0 radical (unpaired) electrons. The summed E-state index contributed by atoms with van der Waals surface area (Å²) in [5, 5.41) is 10.8. The van der Waals surface area contributed by atoms with Crippen molar-refractivity contribution in [3.05, 3.63) is 39.4 Å². The first-order chi connectivity index (χ1) is 10.6. The molecule has 11 heteroatoms. The average molecular weight is 342 g/mol. The molecule has 0 aliphatic heterocycles. The van der Waals surface area contributed by atoms with Gasteiger partial charge in [-0.3, -0.25) is 14.9 Å². The van der Waals surface area contributed by atoms with Gasteiger partial charge in [0.05, 0.1) is 17.6 Å². The zero-order valence-corrected chi connectivity index (χ0v) is 11.7. The van der Waals surface area contributed by atoms with Gasteiger partial charge in [0.2, 0.25) is 0 Å². The molecular formula is C12H11F5N2O4. The Bertz CT molecular complexity index is 606. The van der Waals surface area contributed by atoms with Gasteiger partial charge in [-0.25, -0.2) is 8.78 Å². The molecular weight excluding hydrogens is 331 g/mol. The van der Waals surface area contributed by atoms with Gasteiger partial charge in [-0.2, -0.15) is 13.2 Å². The number of nitrogens with zero attached hydrogens (tertiary/aromatic N) is 2. The Morgan fingerprint density at radius 1 is 1.30 bits per heavy atom. The van der Waals surface area contributed by atoms with Crippen molar-refractivity contribution in [2.24, 2.45) is 0 Å². The van der Waals surface area contributed by atoms with Gasteiger partial charge < -0.3 is 9.64 Å². The van der Waals surface area contributed by atoms with E-state index in [0.29, 0.717) is 0 Å². The van der Waals surface area contributed by atoms with Crippen LogP contribution in [0.5, 0.6) is 0 Å². The lowest BCUT2D eigenvalue weighted by molar-refractivity contribution is -0.385. The van der Waals surface area contributed by atoms with Crippen LogP contribution in [0.15, 0.2) is 12.1 Å². The highest BCUT2D eigenvalue weighted by Gasteiger charge is 2.35. The summed E-state index contributed by atoms with van der Waals surface area (Å²) in [6.45, 7) is -2.53. The molecule has 128 valence electrons. The van der Waals surface area contributed by atoms with Gasteiger partial charge in [-0.05, 0) is 6.07 Å². The third-order valence-electron chi connectivity index (χ3n) is 2.69.